The summed E-state index contributed by atoms with van der Waals surface area (Å²) in [6.45, 7) is 6.83. The van der Waals surface area contributed by atoms with Crippen LogP contribution in [0.4, 0.5) is 8.78 Å². The molecule has 106 valence electrons. The average Bonchev–Trinajstić information content (AvgIpc) is 3.22. The lowest BCUT2D eigenvalue weighted by atomic mass is 10.1. The van der Waals surface area contributed by atoms with Gasteiger partial charge < -0.3 is 5.32 Å². The van der Waals surface area contributed by atoms with Crippen molar-refractivity contribution in [1.82, 2.24) is 10.2 Å². The van der Waals surface area contributed by atoms with Crippen molar-refractivity contribution >= 4 is 0 Å². The van der Waals surface area contributed by atoms with Crippen LogP contribution in [0.2, 0.25) is 0 Å². The second kappa shape index (κ2) is 6.44. The fourth-order valence-corrected chi connectivity index (χ4v) is 2.43. The van der Waals surface area contributed by atoms with E-state index in [0.29, 0.717) is 5.56 Å². The van der Waals surface area contributed by atoms with Crippen molar-refractivity contribution in [2.24, 2.45) is 0 Å². The minimum Gasteiger partial charge on any atom is -0.309 e. The van der Waals surface area contributed by atoms with Crippen LogP contribution in [-0.2, 0) is 0 Å². The molecule has 1 saturated carbocycles. The zero-order valence-corrected chi connectivity index (χ0v) is 11.6. The minimum atomic E-state index is -0.778. The number of halogens is 2. The van der Waals surface area contributed by atoms with E-state index in [9.17, 15) is 8.78 Å². The summed E-state index contributed by atoms with van der Waals surface area (Å²) in [5, 5.41) is 3.27. The third kappa shape index (κ3) is 3.74. The van der Waals surface area contributed by atoms with Gasteiger partial charge in [-0.25, -0.2) is 8.78 Å². The molecule has 0 saturated heterocycles. The van der Waals surface area contributed by atoms with E-state index in [-0.39, 0.29) is 6.04 Å². The molecule has 0 amide bonds. The summed E-state index contributed by atoms with van der Waals surface area (Å²) in [5.74, 6) is -1.52. The topological polar surface area (TPSA) is 15.3 Å². The van der Waals surface area contributed by atoms with E-state index in [4.69, 9.17) is 0 Å². The van der Waals surface area contributed by atoms with E-state index in [1.165, 1.54) is 12.8 Å². The number of rotatable bonds is 7. The van der Waals surface area contributed by atoms with Crippen LogP contribution in [0.25, 0.3) is 0 Å². The normalized spacial score (nSPS) is 16.9. The summed E-state index contributed by atoms with van der Waals surface area (Å²) in [5.41, 5.74) is 0.398. The molecule has 4 heteroatoms. The highest BCUT2D eigenvalue weighted by molar-refractivity contribution is 5.21. The third-order valence-corrected chi connectivity index (χ3v) is 3.77. The highest BCUT2D eigenvalue weighted by Gasteiger charge is 2.27. The molecule has 1 atom stereocenters. The van der Waals surface area contributed by atoms with Gasteiger partial charge in [0.15, 0.2) is 11.6 Å². The Kier molecular flexibility index (Phi) is 4.88. The van der Waals surface area contributed by atoms with E-state index >= 15 is 0 Å². The van der Waals surface area contributed by atoms with Crippen LogP contribution in [0.5, 0.6) is 0 Å². The van der Waals surface area contributed by atoms with Gasteiger partial charge in [-0.3, -0.25) is 4.90 Å². The van der Waals surface area contributed by atoms with Crippen molar-refractivity contribution in [2.45, 2.75) is 38.8 Å². The molecule has 2 rings (SSSR count). The fraction of sp³-hybridized carbons (Fsp3) is 0.600. The van der Waals surface area contributed by atoms with Crippen LogP contribution in [0, 0.1) is 11.6 Å². The fourth-order valence-electron chi connectivity index (χ4n) is 2.43. The van der Waals surface area contributed by atoms with Gasteiger partial charge in [0.05, 0.1) is 0 Å². The van der Waals surface area contributed by atoms with E-state index in [2.05, 4.69) is 17.1 Å². The molecule has 1 unspecified atom stereocenters. The van der Waals surface area contributed by atoms with Crippen molar-refractivity contribution in [2.75, 3.05) is 19.6 Å². The molecule has 0 radical (unpaired) electrons. The molecule has 1 fully saturated rings. The van der Waals surface area contributed by atoms with Gasteiger partial charge in [0.2, 0.25) is 0 Å². The summed E-state index contributed by atoms with van der Waals surface area (Å²) in [6.07, 6.45) is 2.59. The van der Waals surface area contributed by atoms with Crippen molar-refractivity contribution in [3.63, 3.8) is 0 Å². The zero-order chi connectivity index (χ0) is 13.8. The van der Waals surface area contributed by atoms with Gasteiger partial charge in [0, 0.05) is 30.7 Å². The van der Waals surface area contributed by atoms with Gasteiger partial charge in [0.25, 0.3) is 0 Å². The summed E-state index contributed by atoms with van der Waals surface area (Å²) >= 11 is 0. The molecule has 0 aliphatic heterocycles. The Balaban J connectivity index is 1.83. The molecular formula is C15H22F2N2. The summed E-state index contributed by atoms with van der Waals surface area (Å²) in [4.78, 5) is 2.43. The summed E-state index contributed by atoms with van der Waals surface area (Å²) in [6, 6.07) is 4.90. The second-order valence-corrected chi connectivity index (χ2v) is 5.18. The van der Waals surface area contributed by atoms with E-state index in [1.54, 1.807) is 12.1 Å². The first kappa shape index (κ1) is 14.4. The lowest BCUT2D eigenvalue weighted by molar-refractivity contribution is 0.273. The third-order valence-electron chi connectivity index (χ3n) is 3.77. The van der Waals surface area contributed by atoms with Gasteiger partial charge in [0.1, 0.15) is 0 Å². The molecule has 0 aromatic heterocycles. The maximum Gasteiger partial charge on any atom is 0.163 e. The SMILES string of the molecule is CCN(CCNC(C)c1cccc(F)c1F)C1CC1. The number of hydrogen-bond donors (Lipinski definition) is 1. The van der Waals surface area contributed by atoms with Crippen LogP contribution in [-0.4, -0.2) is 30.6 Å². The lowest BCUT2D eigenvalue weighted by Gasteiger charge is -2.22. The van der Waals surface area contributed by atoms with Gasteiger partial charge >= 0.3 is 0 Å². The smallest absolute Gasteiger partial charge is 0.163 e. The van der Waals surface area contributed by atoms with Gasteiger partial charge in [-0.1, -0.05) is 19.1 Å². The Morgan fingerprint density at radius 1 is 1.37 bits per heavy atom. The molecule has 1 aromatic carbocycles. The van der Waals surface area contributed by atoms with Crippen LogP contribution < -0.4 is 5.32 Å². The number of likely N-dealkylation sites (N-methyl/N-ethyl adjacent to an activating group) is 1. The number of nitrogens with one attached hydrogen (secondary N) is 1. The van der Waals surface area contributed by atoms with E-state index < -0.39 is 11.6 Å². The predicted octanol–water partition coefficient (Wildman–Crippen LogP) is 3.10. The Hall–Kier alpha value is -1.00. The van der Waals surface area contributed by atoms with Crippen LogP contribution in [0.3, 0.4) is 0 Å². The summed E-state index contributed by atoms with van der Waals surface area (Å²) < 4.78 is 26.8. The zero-order valence-electron chi connectivity index (χ0n) is 11.6. The van der Waals surface area contributed by atoms with Crippen LogP contribution in [0.15, 0.2) is 18.2 Å². The van der Waals surface area contributed by atoms with Crippen molar-refractivity contribution in [3.05, 3.63) is 35.4 Å². The largest absolute Gasteiger partial charge is 0.309 e. The van der Waals surface area contributed by atoms with Gasteiger partial charge in [-0.05, 0) is 32.4 Å². The number of hydrogen-bond acceptors (Lipinski definition) is 2. The highest BCUT2D eigenvalue weighted by Crippen LogP contribution is 2.26. The predicted molar refractivity (Wildman–Crippen MR) is 73.0 cm³/mol. The van der Waals surface area contributed by atoms with Gasteiger partial charge in [-0.15, -0.1) is 0 Å². The molecule has 1 aliphatic carbocycles. The molecule has 1 aromatic rings. The first-order valence-corrected chi connectivity index (χ1v) is 7.04. The standard InChI is InChI=1S/C15H22F2N2/c1-3-19(12-7-8-12)10-9-18-11(2)13-5-4-6-14(16)15(13)17/h4-6,11-12,18H,3,7-10H2,1-2H3. The van der Waals surface area contributed by atoms with E-state index in [1.807, 2.05) is 6.92 Å². The van der Waals surface area contributed by atoms with Gasteiger partial charge in [-0.2, -0.15) is 0 Å². The quantitative estimate of drug-likeness (QED) is 0.817. The lowest BCUT2D eigenvalue weighted by Crippen LogP contribution is -2.34. The van der Waals surface area contributed by atoms with Crippen molar-refractivity contribution in [1.29, 1.82) is 0 Å². The molecular weight excluding hydrogens is 246 g/mol. The summed E-state index contributed by atoms with van der Waals surface area (Å²) in [7, 11) is 0. The van der Waals surface area contributed by atoms with E-state index in [0.717, 1.165) is 31.7 Å². The molecule has 1 aliphatic rings. The first-order valence-electron chi connectivity index (χ1n) is 7.04. The molecule has 0 spiro atoms. The molecule has 19 heavy (non-hydrogen) atoms. The molecule has 0 bridgehead atoms. The number of benzene rings is 1. The number of nitrogens with zero attached hydrogens (tertiary/aromatic N) is 1. The Bertz CT molecular complexity index is 419. The molecule has 1 N–H and O–H groups in total. The van der Waals surface area contributed by atoms with Crippen LogP contribution in [0.1, 0.15) is 38.3 Å². The molecule has 0 heterocycles. The first-order chi connectivity index (χ1) is 9.13. The molecule has 2 nitrogen and oxygen atoms in total. The Morgan fingerprint density at radius 3 is 2.74 bits per heavy atom. The Morgan fingerprint density at radius 2 is 2.11 bits per heavy atom. The highest BCUT2D eigenvalue weighted by atomic mass is 19.2. The minimum absolute atomic E-state index is 0.173. The average molecular weight is 268 g/mol. The van der Waals surface area contributed by atoms with Crippen molar-refractivity contribution in [3.8, 4) is 0 Å². The maximum absolute atomic E-state index is 13.6. The van der Waals surface area contributed by atoms with Crippen molar-refractivity contribution < 1.29 is 8.78 Å². The maximum atomic E-state index is 13.6. The van der Waals surface area contributed by atoms with Crippen LogP contribution >= 0.6 is 0 Å². The second-order valence-electron chi connectivity index (χ2n) is 5.18. The Labute approximate surface area is 113 Å². The monoisotopic (exact) mass is 268 g/mol.